The van der Waals surface area contributed by atoms with Crippen molar-refractivity contribution in [2.45, 2.75) is 5.92 Å². The number of likely N-dealkylation sites (tertiary alicyclic amines) is 1. The van der Waals surface area contributed by atoms with Crippen LogP contribution in [-0.4, -0.2) is 37.6 Å². The smallest absolute Gasteiger partial charge is 0.253 e. The summed E-state index contributed by atoms with van der Waals surface area (Å²) in [5, 5.41) is 0. The van der Waals surface area contributed by atoms with Crippen LogP contribution in [0, 0.1) is 5.92 Å². The maximum absolute atomic E-state index is 12.7. The molecule has 0 spiro atoms. The van der Waals surface area contributed by atoms with Gasteiger partial charge in [0, 0.05) is 24.6 Å². The maximum Gasteiger partial charge on any atom is 0.253 e. The molecule has 3 rings (SSSR count). The van der Waals surface area contributed by atoms with Crippen molar-refractivity contribution < 1.29 is 9.53 Å². The monoisotopic (exact) mass is 346 g/mol. The van der Waals surface area contributed by atoms with E-state index in [-0.39, 0.29) is 18.3 Å². The van der Waals surface area contributed by atoms with E-state index < -0.39 is 0 Å². The lowest BCUT2D eigenvalue weighted by atomic mass is 9.89. The van der Waals surface area contributed by atoms with Gasteiger partial charge in [-0.15, -0.1) is 12.4 Å². The molecule has 1 amide bonds. The van der Waals surface area contributed by atoms with E-state index in [1.165, 1.54) is 5.56 Å². The Kier molecular flexibility index (Phi) is 6.23. The second-order valence-corrected chi connectivity index (χ2v) is 5.95. The third kappa shape index (κ3) is 3.71. The maximum atomic E-state index is 12.7. The molecule has 128 valence electrons. The highest BCUT2D eigenvalue weighted by Crippen LogP contribution is 2.32. The Morgan fingerprint density at radius 2 is 1.79 bits per heavy atom. The van der Waals surface area contributed by atoms with Gasteiger partial charge in [-0.05, 0) is 42.3 Å². The van der Waals surface area contributed by atoms with E-state index in [1.54, 1.807) is 7.11 Å². The number of benzene rings is 2. The van der Waals surface area contributed by atoms with E-state index in [0.717, 1.165) is 12.3 Å². The zero-order valence-electron chi connectivity index (χ0n) is 13.7. The number of halogens is 1. The van der Waals surface area contributed by atoms with Gasteiger partial charge in [-0.3, -0.25) is 4.79 Å². The molecule has 1 aliphatic heterocycles. The van der Waals surface area contributed by atoms with Gasteiger partial charge in [0.05, 0.1) is 7.11 Å². The number of amides is 1. The first-order valence-corrected chi connectivity index (χ1v) is 7.91. The van der Waals surface area contributed by atoms with Gasteiger partial charge in [-0.2, -0.15) is 0 Å². The molecule has 0 saturated carbocycles. The Labute approximate surface area is 149 Å². The Bertz CT molecular complexity index is 661. The molecule has 0 aromatic heterocycles. The van der Waals surface area contributed by atoms with Crippen molar-refractivity contribution in [1.29, 1.82) is 0 Å². The molecule has 0 unspecified atom stereocenters. The third-order valence-corrected chi connectivity index (χ3v) is 4.60. The van der Waals surface area contributed by atoms with Crippen molar-refractivity contribution in [3.05, 3.63) is 65.7 Å². The Hall–Kier alpha value is -2.04. The van der Waals surface area contributed by atoms with Crippen molar-refractivity contribution >= 4 is 18.3 Å². The molecule has 0 radical (unpaired) electrons. The van der Waals surface area contributed by atoms with Crippen LogP contribution >= 0.6 is 12.4 Å². The van der Waals surface area contributed by atoms with Gasteiger partial charge in [-0.1, -0.05) is 30.3 Å². The van der Waals surface area contributed by atoms with Crippen LogP contribution in [0.25, 0.3) is 0 Å². The number of carbonyl (C=O) groups excluding carboxylic acids is 1. The summed E-state index contributed by atoms with van der Waals surface area (Å²) in [6.45, 7) is 2.02. The number of carbonyl (C=O) groups is 1. The van der Waals surface area contributed by atoms with Crippen molar-refractivity contribution in [2.75, 3.05) is 26.7 Å². The van der Waals surface area contributed by atoms with Gasteiger partial charge in [0.15, 0.2) is 0 Å². The van der Waals surface area contributed by atoms with Crippen molar-refractivity contribution in [2.24, 2.45) is 11.7 Å². The summed E-state index contributed by atoms with van der Waals surface area (Å²) in [4.78, 5) is 14.6. The molecule has 2 aromatic carbocycles. The summed E-state index contributed by atoms with van der Waals surface area (Å²) in [5.41, 5.74) is 7.89. The summed E-state index contributed by atoms with van der Waals surface area (Å²) in [6.07, 6.45) is 0. The van der Waals surface area contributed by atoms with Gasteiger partial charge in [0.25, 0.3) is 5.91 Å². The van der Waals surface area contributed by atoms with Crippen LogP contribution in [-0.2, 0) is 0 Å². The highest BCUT2D eigenvalue weighted by atomic mass is 35.5. The fourth-order valence-electron chi connectivity index (χ4n) is 3.27. The number of nitrogens with zero attached hydrogens (tertiary/aromatic N) is 1. The van der Waals surface area contributed by atoms with Crippen LogP contribution in [0.4, 0.5) is 0 Å². The number of ether oxygens (including phenoxy) is 1. The summed E-state index contributed by atoms with van der Waals surface area (Å²) in [7, 11) is 1.62. The van der Waals surface area contributed by atoms with Crippen LogP contribution in [0.1, 0.15) is 21.8 Å². The largest absolute Gasteiger partial charge is 0.497 e. The van der Waals surface area contributed by atoms with Crippen LogP contribution in [0.3, 0.4) is 0 Å². The zero-order valence-corrected chi connectivity index (χ0v) is 14.5. The fourth-order valence-corrected chi connectivity index (χ4v) is 3.27. The van der Waals surface area contributed by atoms with Crippen LogP contribution in [0.15, 0.2) is 54.6 Å². The molecule has 1 saturated heterocycles. The van der Waals surface area contributed by atoms with Gasteiger partial charge < -0.3 is 15.4 Å². The predicted molar refractivity (Wildman–Crippen MR) is 97.9 cm³/mol. The highest BCUT2D eigenvalue weighted by molar-refractivity contribution is 5.94. The topological polar surface area (TPSA) is 55.6 Å². The average Bonchev–Trinajstić information content (AvgIpc) is 3.06. The molecule has 4 nitrogen and oxygen atoms in total. The van der Waals surface area contributed by atoms with Crippen molar-refractivity contribution in [3.8, 4) is 5.75 Å². The van der Waals surface area contributed by atoms with E-state index in [4.69, 9.17) is 10.5 Å². The minimum atomic E-state index is 0. The van der Waals surface area contributed by atoms with E-state index in [1.807, 2.05) is 47.4 Å². The average molecular weight is 347 g/mol. The second kappa shape index (κ2) is 8.18. The lowest BCUT2D eigenvalue weighted by Gasteiger charge is -2.17. The lowest BCUT2D eigenvalue weighted by molar-refractivity contribution is 0.0786. The quantitative estimate of drug-likeness (QED) is 0.926. The van der Waals surface area contributed by atoms with E-state index >= 15 is 0 Å². The van der Waals surface area contributed by atoms with Gasteiger partial charge in [-0.25, -0.2) is 0 Å². The minimum Gasteiger partial charge on any atom is -0.497 e. The Morgan fingerprint density at radius 1 is 1.12 bits per heavy atom. The molecule has 24 heavy (non-hydrogen) atoms. The first kappa shape index (κ1) is 18.3. The SMILES string of the molecule is COc1ccc(C(=O)N2C[C@@H](CN)[C@H](c3ccccc3)C2)cc1.Cl. The normalized spacial score (nSPS) is 19.7. The number of nitrogens with two attached hydrogens (primary N) is 1. The molecule has 1 fully saturated rings. The van der Waals surface area contributed by atoms with Crippen LogP contribution < -0.4 is 10.5 Å². The number of methoxy groups -OCH3 is 1. The van der Waals surface area contributed by atoms with Gasteiger partial charge in [0.1, 0.15) is 5.75 Å². The van der Waals surface area contributed by atoms with E-state index in [2.05, 4.69) is 12.1 Å². The molecular formula is C19H23ClN2O2. The molecule has 1 heterocycles. The van der Waals surface area contributed by atoms with Crippen molar-refractivity contribution in [3.63, 3.8) is 0 Å². The zero-order chi connectivity index (χ0) is 16.2. The summed E-state index contributed by atoms with van der Waals surface area (Å²) in [5.74, 6) is 1.43. The second-order valence-electron chi connectivity index (χ2n) is 5.95. The van der Waals surface area contributed by atoms with E-state index in [0.29, 0.717) is 30.5 Å². The molecular weight excluding hydrogens is 324 g/mol. The van der Waals surface area contributed by atoms with Gasteiger partial charge >= 0.3 is 0 Å². The summed E-state index contributed by atoms with van der Waals surface area (Å²) >= 11 is 0. The molecule has 0 aliphatic carbocycles. The number of hydrogen-bond donors (Lipinski definition) is 1. The molecule has 1 aliphatic rings. The van der Waals surface area contributed by atoms with E-state index in [9.17, 15) is 4.79 Å². The Balaban J connectivity index is 0.00000208. The lowest BCUT2D eigenvalue weighted by Crippen LogP contribution is -2.29. The standard InChI is InChI=1S/C19H22N2O2.ClH/c1-23-17-9-7-15(8-10-17)19(22)21-12-16(11-20)18(13-21)14-5-3-2-4-6-14;/h2-10,16,18H,11-13,20H2,1H3;1H/t16-,18+;/m1./s1. The molecule has 2 N–H and O–H groups in total. The number of hydrogen-bond acceptors (Lipinski definition) is 3. The molecule has 0 bridgehead atoms. The molecule has 5 heteroatoms. The molecule has 2 atom stereocenters. The van der Waals surface area contributed by atoms with Crippen LogP contribution in [0.2, 0.25) is 0 Å². The number of rotatable bonds is 4. The molecule has 2 aromatic rings. The summed E-state index contributed by atoms with van der Waals surface area (Å²) < 4.78 is 5.14. The Morgan fingerprint density at radius 3 is 2.38 bits per heavy atom. The minimum absolute atomic E-state index is 0. The predicted octanol–water partition coefficient (Wildman–Crippen LogP) is 2.93. The van der Waals surface area contributed by atoms with Crippen molar-refractivity contribution in [1.82, 2.24) is 4.90 Å². The first-order chi connectivity index (χ1) is 11.2. The summed E-state index contributed by atoms with van der Waals surface area (Å²) in [6, 6.07) is 17.6. The van der Waals surface area contributed by atoms with Crippen LogP contribution in [0.5, 0.6) is 5.75 Å². The third-order valence-electron chi connectivity index (χ3n) is 4.60. The highest BCUT2D eigenvalue weighted by Gasteiger charge is 2.35. The fraction of sp³-hybridized carbons (Fsp3) is 0.316. The first-order valence-electron chi connectivity index (χ1n) is 7.91. The van der Waals surface area contributed by atoms with Gasteiger partial charge in [0.2, 0.25) is 0 Å².